The first kappa shape index (κ1) is 15.3. The third kappa shape index (κ3) is 2.29. The Hall–Kier alpha value is -1.99. The predicted octanol–water partition coefficient (Wildman–Crippen LogP) is 4.84. The third-order valence-electron chi connectivity index (χ3n) is 4.69. The molecule has 5 nitrogen and oxygen atoms in total. The summed E-state index contributed by atoms with van der Waals surface area (Å²) in [5.41, 5.74) is 4.93. The standard InChI is InChI=1S/C18H15BrN2O3S/c1-9-11-4-5-12-16(21(2)20-17(12)19)15(11)18(25-9)24-10-3-6-13-14(7-10)23-8-22-13/h3,6-7H,4-5,8H2,1-2H3. The van der Waals surface area contributed by atoms with Gasteiger partial charge in [0.1, 0.15) is 10.4 Å². The van der Waals surface area contributed by atoms with Gasteiger partial charge >= 0.3 is 0 Å². The van der Waals surface area contributed by atoms with Gasteiger partial charge in [-0.25, -0.2) is 0 Å². The fourth-order valence-electron chi connectivity index (χ4n) is 3.53. The van der Waals surface area contributed by atoms with Crippen molar-refractivity contribution in [3.63, 3.8) is 0 Å². The molecule has 0 N–H and O–H groups in total. The summed E-state index contributed by atoms with van der Waals surface area (Å²) in [4.78, 5) is 1.30. The Morgan fingerprint density at radius 1 is 1.20 bits per heavy atom. The van der Waals surface area contributed by atoms with E-state index in [-0.39, 0.29) is 6.79 Å². The Bertz CT molecular complexity index is 1010. The molecule has 0 radical (unpaired) electrons. The van der Waals surface area contributed by atoms with Crippen molar-refractivity contribution in [2.45, 2.75) is 19.8 Å². The molecule has 0 atom stereocenters. The number of thiophene rings is 1. The van der Waals surface area contributed by atoms with Crippen LogP contribution in [-0.4, -0.2) is 16.6 Å². The highest BCUT2D eigenvalue weighted by atomic mass is 79.9. The van der Waals surface area contributed by atoms with Crippen LogP contribution in [0.25, 0.3) is 11.3 Å². The van der Waals surface area contributed by atoms with Gasteiger partial charge in [-0.15, -0.1) is 11.3 Å². The molecule has 5 rings (SSSR count). The van der Waals surface area contributed by atoms with Gasteiger partial charge in [0.25, 0.3) is 0 Å². The van der Waals surface area contributed by atoms with Gasteiger partial charge in [0, 0.05) is 23.6 Å². The molecule has 2 aromatic heterocycles. The maximum Gasteiger partial charge on any atom is 0.231 e. The molecule has 0 saturated carbocycles. The van der Waals surface area contributed by atoms with Crippen molar-refractivity contribution < 1.29 is 14.2 Å². The largest absolute Gasteiger partial charge is 0.454 e. The molecule has 0 fully saturated rings. The maximum absolute atomic E-state index is 6.27. The fraction of sp³-hybridized carbons (Fsp3) is 0.278. The molecule has 7 heteroatoms. The van der Waals surface area contributed by atoms with Crippen LogP contribution in [0.5, 0.6) is 22.3 Å². The summed E-state index contributed by atoms with van der Waals surface area (Å²) in [6.07, 6.45) is 2.01. The minimum Gasteiger partial charge on any atom is -0.454 e. The lowest BCUT2D eigenvalue weighted by Gasteiger charge is -2.16. The van der Waals surface area contributed by atoms with Gasteiger partial charge in [-0.05, 0) is 53.4 Å². The lowest BCUT2D eigenvalue weighted by molar-refractivity contribution is 0.174. The van der Waals surface area contributed by atoms with E-state index in [2.05, 4.69) is 28.0 Å². The second-order valence-electron chi connectivity index (χ2n) is 6.16. The fourth-order valence-corrected chi connectivity index (χ4v) is 5.22. The highest BCUT2D eigenvalue weighted by Crippen LogP contribution is 2.50. The summed E-state index contributed by atoms with van der Waals surface area (Å²) >= 11 is 5.28. The van der Waals surface area contributed by atoms with Crippen LogP contribution in [0.4, 0.5) is 0 Å². The van der Waals surface area contributed by atoms with Gasteiger partial charge in [-0.3, -0.25) is 4.68 Å². The van der Waals surface area contributed by atoms with Crippen LogP contribution in [0.3, 0.4) is 0 Å². The Morgan fingerprint density at radius 2 is 2.00 bits per heavy atom. The van der Waals surface area contributed by atoms with Crippen molar-refractivity contribution >= 4 is 27.3 Å². The summed E-state index contributed by atoms with van der Waals surface area (Å²) in [6.45, 7) is 2.42. The molecule has 1 aliphatic heterocycles. The Morgan fingerprint density at radius 3 is 2.88 bits per heavy atom. The molecule has 1 aliphatic carbocycles. The van der Waals surface area contributed by atoms with E-state index in [9.17, 15) is 0 Å². The van der Waals surface area contributed by atoms with Crippen molar-refractivity contribution in [2.24, 2.45) is 7.05 Å². The quantitative estimate of drug-likeness (QED) is 0.597. The maximum atomic E-state index is 6.27. The zero-order valence-electron chi connectivity index (χ0n) is 13.8. The molecule has 0 spiro atoms. The van der Waals surface area contributed by atoms with Crippen LogP contribution in [0, 0.1) is 6.92 Å². The molecule has 128 valence electrons. The molecule has 0 amide bonds. The average molecular weight is 419 g/mol. The molecule has 3 heterocycles. The van der Waals surface area contributed by atoms with Crippen molar-refractivity contribution in [3.05, 3.63) is 38.8 Å². The molecule has 0 unspecified atom stereocenters. The lowest BCUT2D eigenvalue weighted by atomic mass is 9.92. The SMILES string of the molecule is Cc1sc(Oc2ccc3c(c2)OCO3)c2c1CCc1c(Br)nn(C)c1-2. The molecule has 0 bridgehead atoms. The summed E-state index contributed by atoms with van der Waals surface area (Å²) in [5.74, 6) is 2.24. The first-order chi connectivity index (χ1) is 12.1. The first-order valence-corrected chi connectivity index (χ1v) is 9.64. The van der Waals surface area contributed by atoms with E-state index >= 15 is 0 Å². The second-order valence-corrected chi connectivity index (χ2v) is 8.10. The number of rotatable bonds is 2. The highest BCUT2D eigenvalue weighted by Gasteiger charge is 2.30. The van der Waals surface area contributed by atoms with Gasteiger partial charge in [0.05, 0.1) is 11.3 Å². The molecular weight excluding hydrogens is 404 g/mol. The summed E-state index contributed by atoms with van der Waals surface area (Å²) < 4.78 is 20.0. The predicted molar refractivity (Wildman–Crippen MR) is 99.0 cm³/mol. The number of aromatic nitrogens is 2. The average Bonchev–Trinajstić information content (AvgIpc) is 3.25. The molecule has 0 saturated heterocycles. The van der Waals surface area contributed by atoms with E-state index in [0.717, 1.165) is 45.5 Å². The summed E-state index contributed by atoms with van der Waals surface area (Å²) in [5, 5.41) is 5.45. The van der Waals surface area contributed by atoms with Crippen LogP contribution in [0.2, 0.25) is 0 Å². The lowest BCUT2D eigenvalue weighted by Crippen LogP contribution is -2.05. The monoisotopic (exact) mass is 418 g/mol. The van der Waals surface area contributed by atoms with E-state index in [1.165, 1.54) is 21.6 Å². The Labute approximate surface area is 157 Å². The topological polar surface area (TPSA) is 45.5 Å². The zero-order chi connectivity index (χ0) is 17.1. The molecular formula is C18H15BrN2O3S. The van der Waals surface area contributed by atoms with Crippen molar-refractivity contribution in [2.75, 3.05) is 6.79 Å². The molecule has 25 heavy (non-hydrogen) atoms. The minimum atomic E-state index is 0.263. The smallest absolute Gasteiger partial charge is 0.231 e. The van der Waals surface area contributed by atoms with Gasteiger partial charge in [-0.2, -0.15) is 5.10 Å². The van der Waals surface area contributed by atoms with Gasteiger partial charge < -0.3 is 14.2 Å². The van der Waals surface area contributed by atoms with E-state index in [0.29, 0.717) is 0 Å². The summed E-state index contributed by atoms with van der Waals surface area (Å²) in [6, 6.07) is 5.68. The van der Waals surface area contributed by atoms with Crippen LogP contribution in [-0.2, 0) is 19.9 Å². The molecule has 1 aromatic carbocycles. The second kappa shape index (κ2) is 5.51. The van der Waals surface area contributed by atoms with Gasteiger partial charge in [0.2, 0.25) is 6.79 Å². The molecule has 2 aliphatic rings. The van der Waals surface area contributed by atoms with Gasteiger partial charge in [0.15, 0.2) is 16.6 Å². The zero-order valence-corrected chi connectivity index (χ0v) is 16.2. The number of hydrogen-bond donors (Lipinski definition) is 0. The van der Waals surface area contributed by atoms with E-state index in [4.69, 9.17) is 14.2 Å². The van der Waals surface area contributed by atoms with E-state index < -0.39 is 0 Å². The van der Waals surface area contributed by atoms with Crippen LogP contribution in [0.15, 0.2) is 22.8 Å². The number of aryl methyl sites for hydroxylation is 2. The third-order valence-corrected chi connectivity index (χ3v) is 6.35. The highest BCUT2D eigenvalue weighted by molar-refractivity contribution is 9.10. The number of benzene rings is 1. The van der Waals surface area contributed by atoms with Crippen LogP contribution in [0.1, 0.15) is 16.0 Å². The van der Waals surface area contributed by atoms with Crippen LogP contribution < -0.4 is 14.2 Å². The Balaban J connectivity index is 1.61. The van der Waals surface area contributed by atoms with E-state index in [1.54, 1.807) is 11.3 Å². The number of nitrogens with zero attached hydrogens (tertiary/aromatic N) is 2. The van der Waals surface area contributed by atoms with Crippen LogP contribution >= 0.6 is 27.3 Å². The number of fused-ring (bicyclic) bond motifs is 4. The van der Waals surface area contributed by atoms with Gasteiger partial charge in [-0.1, -0.05) is 0 Å². The summed E-state index contributed by atoms with van der Waals surface area (Å²) in [7, 11) is 1.98. The van der Waals surface area contributed by atoms with Crippen molar-refractivity contribution in [3.8, 4) is 33.6 Å². The normalized spacial score (nSPS) is 14.4. The number of halogens is 1. The minimum absolute atomic E-state index is 0.263. The van der Waals surface area contributed by atoms with E-state index in [1.807, 2.05) is 29.9 Å². The Kier molecular flexibility index (Phi) is 3.36. The number of hydrogen-bond acceptors (Lipinski definition) is 5. The number of ether oxygens (including phenoxy) is 3. The molecule has 3 aromatic rings. The van der Waals surface area contributed by atoms with Crippen molar-refractivity contribution in [1.29, 1.82) is 0 Å². The van der Waals surface area contributed by atoms with Crippen molar-refractivity contribution in [1.82, 2.24) is 9.78 Å². The first-order valence-electron chi connectivity index (χ1n) is 8.03.